The van der Waals surface area contributed by atoms with Gasteiger partial charge in [-0.3, -0.25) is 4.79 Å². The van der Waals surface area contributed by atoms with Gasteiger partial charge in [-0.2, -0.15) is 0 Å². The van der Waals surface area contributed by atoms with Crippen molar-refractivity contribution in [1.82, 2.24) is 0 Å². The van der Waals surface area contributed by atoms with Crippen molar-refractivity contribution in [2.75, 3.05) is 7.11 Å². The van der Waals surface area contributed by atoms with Crippen molar-refractivity contribution < 1.29 is 33.7 Å². The predicted octanol–water partition coefficient (Wildman–Crippen LogP) is 3.99. The third kappa shape index (κ3) is 5.14. The molecule has 2 aromatic rings. The molecule has 1 aliphatic carbocycles. The Morgan fingerprint density at radius 2 is 1.47 bits per heavy atom. The van der Waals surface area contributed by atoms with E-state index < -0.39 is 47.6 Å². The Kier molecular flexibility index (Phi) is 7.77. The van der Waals surface area contributed by atoms with Gasteiger partial charge in [0, 0.05) is 5.92 Å². The van der Waals surface area contributed by atoms with Gasteiger partial charge in [0.05, 0.1) is 24.9 Å². The van der Waals surface area contributed by atoms with Gasteiger partial charge in [0.1, 0.15) is 5.92 Å². The minimum atomic E-state index is -2.08. The van der Waals surface area contributed by atoms with E-state index in [1.807, 2.05) is 30.3 Å². The van der Waals surface area contributed by atoms with Crippen LogP contribution in [0, 0.1) is 5.92 Å². The summed E-state index contributed by atoms with van der Waals surface area (Å²) in [4.78, 5) is 38.5. The van der Waals surface area contributed by atoms with Gasteiger partial charge in [-0.25, -0.2) is 9.59 Å². The van der Waals surface area contributed by atoms with Crippen LogP contribution in [-0.4, -0.2) is 47.9 Å². The second-order valence-corrected chi connectivity index (χ2v) is 9.20. The van der Waals surface area contributed by atoms with Crippen LogP contribution in [0.3, 0.4) is 0 Å². The first-order chi connectivity index (χ1) is 16.1. The van der Waals surface area contributed by atoms with Gasteiger partial charge in [-0.05, 0) is 63.3 Å². The van der Waals surface area contributed by atoms with Crippen molar-refractivity contribution in [3.8, 4) is 0 Å². The maximum Gasteiger partial charge on any atom is 0.339 e. The molecule has 0 heterocycles. The van der Waals surface area contributed by atoms with Crippen LogP contribution in [0.2, 0.25) is 0 Å². The Morgan fingerprint density at radius 3 is 2.00 bits per heavy atom. The second kappa shape index (κ2) is 10.4. The van der Waals surface area contributed by atoms with Crippen molar-refractivity contribution in [2.24, 2.45) is 5.92 Å². The van der Waals surface area contributed by atoms with Crippen molar-refractivity contribution >= 4 is 17.9 Å². The number of rotatable bonds is 7. The van der Waals surface area contributed by atoms with E-state index in [2.05, 4.69) is 0 Å². The standard InChI is InChI=1S/C27H32O7/c1-16(2)33-25(29)23-22(19-11-13-20(14-12-19)24(28)32-5)21(18-9-7-6-8-10-18)15-27(23,31)26(30)34-17(3)4/h6-14,16-17,21-23,31H,15H2,1-5H3/t21-,22+,23+,27+/m0/s1. The predicted molar refractivity (Wildman–Crippen MR) is 125 cm³/mol. The summed E-state index contributed by atoms with van der Waals surface area (Å²) in [6.07, 6.45) is -0.910. The lowest BCUT2D eigenvalue weighted by Crippen LogP contribution is -2.49. The summed E-state index contributed by atoms with van der Waals surface area (Å²) in [5, 5.41) is 11.7. The average molecular weight is 469 g/mol. The molecule has 7 nitrogen and oxygen atoms in total. The Morgan fingerprint density at radius 1 is 0.882 bits per heavy atom. The summed E-state index contributed by atoms with van der Waals surface area (Å²) in [6.45, 7) is 6.81. The smallest absolute Gasteiger partial charge is 0.339 e. The van der Waals surface area contributed by atoms with E-state index in [4.69, 9.17) is 14.2 Å². The largest absolute Gasteiger partial charge is 0.465 e. The second-order valence-electron chi connectivity index (χ2n) is 9.20. The molecule has 7 heteroatoms. The maximum absolute atomic E-state index is 13.4. The summed E-state index contributed by atoms with van der Waals surface area (Å²) < 4.78 is 15.7. The summed E-state index contributed by atoms with van der Waals surface area (Å²) >= 11 is 0. The van der Waals surface area contributed by atoms with E-state index in [1.165, 1.54) is 7.11 Å². The quantitative estimate of drug-likeness (QED) is 0.484. The molecule has 1 aliphatic rings. The summed E-state index contributed by atoms with van der Waals surface area (Å²) in [5.74, 6) is -4.16. The number of ether oxygens (including phenoxy) is 3. The number of methoxy groups -OCH3 is 1. The first kappa shape index (κ1) is 25.4. The fourth-order valence-corrected chi connectivity index (χ4v) is 4.70. The van der Waals surface area contributed by atoms with Crippen LogP contribution in [0.15, 0.2) is 54.6 Å². The van der Waals surface area contributed by atoms with E-state index in [0.29, 0.717) is 11.1 Å². The Balaban J connectivity index is 2.16. The molecule has 0 aromatic heterocycles. The minimum Gasteiger partial charge on any atom is -0.465 e. The van der Waals surface area contributed by atoms with Crippen molar-refractivity contribution in [2.45, 2.75) is 63.8 Å². The number of esters is 3. The van der Waals surface area contributed by atoms with E-state index in [9.17, 15) is 19.5 Å². The van der Waals surface area contributed by atoms with Crippen LogP contribution in [0.1, 0.15) is 67.4 Å². The van der Waals surface area contributed by atoms with E-state index in [0.717, 1.165) is 5.56 Å². The van der Waals surface area contributed by atoms with Gasteiger partial charge in [-0.15, -0.1) is 0 Å². The van der Waals surface area contributed by atoms with E-state index in [1.54, 1.807) is 52.0 Å². The molecule has 1 N–H and O–H groups in total. The third-order valence-corrected chi connectivity index (χ3v) is 6.08. The molecule has 3 rings (SSSR count). The molecule has 0 spiro atoms. The molecule has 182 valence electrons. The van der Waals surface area contributed by atoms with Crippen LogP contribution >= 0.6 is 0 Å². The maximum atomic E-state index is 13.4. The highest BCUT2D eigenvalue weighted by atomic mass is 16.6. The number of benzene rings is 2. The number of hydrogen-bond donors (Lipinski definition) is 1. The molecular weight excluding hydrogens is 436 g/mol. The molecule has 0 amide bonds. The molecule has 1 saturated carbocycles. The fraction of sp³-hybridized carbons (Fsp3) is 0.444. The highest BCUT2D eigenvalue weighted by Crippen LogP contribution is 2.55. The number of hydrogen-bond acceptors (Lipinski definition) is 7. The molecule has 1 fully saturated rings. The fourth-order valence-electron chi connectivity index (χ4n) is 4.70. The molecule has 0 saturated heterocycles. The SMILES string of the molecule is COC(=O)c1ccc([C@@H]2[C@H](c3ccccc3)C[C@](O)(C(=O)OC(C)C)[C@H]2C(=O)OC(C)C)cc1. The van der Waals surface area contributed by atoms with E-state index in [-0.39, 0.29) is 12.3 Å². The van der Waals surface area contributed by atoms with Crippen molar-refractivity contribution in [3.05, 3.63) is 71.3 Å². The summed E-state index contributed by atoms with van der Waals surface area (Å²) in [7, 11) is 1.30. The lowest BCUT2D eigenvalue weighted by molar-refractivity contribution is -0.183. The zero-order chi connectivity index (χ0) is 25.0. The average Bonchev–Trinajstić information content (AvgIpc) is 3.13. The molecular formula is C27H32O7. The molecule has 34 heavy (non-hydrogen) atoms. The van der Waals surface area contributed by atoms with Crippen LogP contribution in [0.25, 0.3) is 0 Å². The van der Waals surface area contributed by atoms with Crippen LogP contribution in [0.5, 0.6) is 0 Å². The van der Waals surface area contributed by atoms with Gasteiger partial charge in [0.2, 0.25) is 0 Å². The molecule has 0 aliphatic heterocycles. The van der Waals surface area contributed by atoms with E-state index >= 15 is 0 Å². The summed E-state index contributed by atoms with van der Waals surface area (Å²) in [6, 6.07) is 16.1. The van der Waals surface area contributed by atoms with Gasteiger partial charge in [0.25, 0.3) is 0 Å². The Hall–Kier alpha value is -3.19. The minimum absolute atomic E-state index is 0.0101. The van der Waals surface area contributed by atoms with Crippen LogP contribution in [0.4, 0.5) is 0 Å². The monoisotopic (exact) mass is 468 g/mol. The zero-order valence-electron chi connectivity index (χ0n) is 20.2. The zero-order valence-corrected chi connectivity index (χ0v) is 20.2. The van der Waals surface area contributed by atoms with Crippen molar-refractivity contribution in [3.63, 3.8) is 0 Å². The topological polar surface area (TPSA) is 99.1 Å². The molecule has 0 radical (unpaired) electrons. The highest BCUT2D eigenvalue weighted by molar-refractivity contribution is 5.91. The van der Waals surface area contributed by atoms with Crippen LogP contribution in [-0.2, 0) is 23.8 Å². The highest BCUT2D eigenvalue weighted by Gasteiger charge is 2.62. The first-order valence-electron chi connectivity index (χ1n) is 11.5. The Bertz CT molecular complexity index is 1010. The molecule has 0 unspecified atom stereocenters. The lowest BCUT2D eigenvalue weighted by Gasteiger charge is -2.31. The summed E-state index contributed by atoms with van der Waals surface area (Å²) in [5.41, 5.74) is -0.153. The Labute approximate surface area is 200 Å². The number of carbonyl (C=O) groups excluding carboxylic acids is 3. The number of aliphatic hydroxyl groups is 1. The third-order valence-electron chi connectivity index (χ3n) is 6.08. The van der Waals surface area contributed by atoms with Gasteiger partial charge in [0.15, 0.2) is 5.60 Å². The van der Waals surface area contributed by atoms with Gasteiger partial charge in [-0.1, -0.05) is 42.5 Å². The molecule has 2 aromatic carbocycles. The number of carbonyl (C=O) groups is 3. The van der Waals surface area contributed by atoms with Crippen molar-refractivity contribution in [1.29, 1.82) is 0 Å². The molecule has 0 bridgehead atoms. The first-order valence-corrected chi connectivity index (χ1v) is 11.5. The van der Waals surface area contributed by atoms with Gasteiger partial charge >= 0.3 is 17.9 Å². The van der Waals surface area contributed by atoms with Gasteiger partial charge < -0.3 is 19.3 Å². The molecule has 4 atom stereocenters. The lowest BCUT2D eigenvalue weighted by atomic mass is 9.78. The van der Waals surface area contributed by atoms with Crippen LogP contribution < -0.4 is 0 Å². The normalized spacial score (nSPS) is 24.2.